The zero-order valence-corrected chi connectivity index (χ0v) is 20.6. The first-order valence-corrected chi connectivity index (χ1v) is 12.4. The SMILES string of the molecule is CCC(CCCCN)C(=O)NC(Cc1ccccc1)c1nc(-c2ccc3c(N)n[nH]c3c2)c(Cl)[nH]1. The molecule has 0 spiro atoms. The Hall–Kier alpha value is -3.36. The normalized spacial score (nSPS) is 13.1. The van der Waals surface area contributed by atoms with Gasteiger partial charge in [0.2, 0.25) is 5.91 Å². The predicted octanol–water partition coefficient (Wildman–Crippen LogP) is 4.74. The minimum atomic E-state index is -0.355. The summed E-state index contributed by atoms with van der Waals surface area (Å²) in [4.78, 5) is 21.2. The van der Waals surface area contributed by atoms with Crippen molar-refractivity contribution < 1.29 is 4.79 Å². The summed E-state index contributed by atoms with van der Waals surface area (Å²) in [5, 5.41) is 11.5. The van der Waals surface area contributed by atoms with Crippen LogP contribution in [-0.4, -0.2) is 32.6 Å². The third-order valence-corrected chi connectivity index (χ3v) is 6.62. The monoisotopic (exact) mass is 493 g/mol. The summed E-state index contributed by atoms with van der Waals surface area (Å²) in [6, 6.07) is 15.4. The number of halogens is 1. The van der Waals surface area contributed by atoms with Crippen LogP contribution in [0, 0.1) is 5.92 Å². The van der Waals surface area contributed by atoms with Crippen LogP contribution in [0.3, 0.4) is 0 Å². The summed E-state index contributed by atoms with van der Waals surface area (Å²) in [5.74, 6) is 1.01. The number of hydrogen-bond donors (Lipinski definition) is 5. The Bertz CT molecular complexity index is 1270. The van der Waals surface area contributed by atoms with Gasteiger partial charge in [0, 0.05) is 16.9 Å². The van der Waals surface area contributed by atoms with Crippen molar-refractivity contribution in [1.29, 1.82) is 0 Å². The van der Waals surface area contributed by atoms with Crippen LogP contribution < -0.4 is 16.8 Å². The molecule has 4 aromatic rings. The summed E-state index contributed by atoms with van der Waals surface area (Å²) in [6.07, 6.45) is 4.02. The molecule has 4 rings (SSSR count). The first-order chi connectivity index (χ1) is 17.0. The molecule has 0 radical (unpaired) electrons. The van der Waals surface area contributed by atoms with Crippen molar-refractivity contribution in [2.24, 2.45) is 11.7 Å². The molecule has 0 aliphatic rings. The van der Waals surface area contributed by atoms with Crippen molar-refractivity contribution in [3.05, 3.63) is 65.1 Å². The lowest BCUT2D eigenvalue weighted by Gasteiger charge is -2.21. The van der Waals surface area contributed by atoms with Gasteiger partial charge in [-0.05, 0) is 49.9 Å². The van der Waals surface area contributed by atoms with Crippen molar-refractivity contribution in [2.75, 3.05) is 12.3 Å². The number of imidazole rings is 1. The van der Waals surface area contributed by atoms with Crippen LogP contribution >= 0.6 is 11.6 Å². The molecule has 1 amide bonds. The predicted molar refractivity (Wildman–Crippen MR) is 141 cm³/mol. The van der Waals surface area contributed by atoms with Crippen LogP contribution in [0.5, 0.6) is 0 Å². The minimum Gasteiger partial charge on any atom is -0.382 e. The largest absolute Gasteiger partial charge is 0.382 e. The van der Waals surface area contributed by atoms with Crippen LogP contribution in [0.4, 0.5) is 5.82 Å². The molecule has 0 saturated carbocycles. The number of rotatable bonds is 11. The Morgan fingerprint density at radius 2 is 1.97 bits per heavy atom. The van der Waals surface area contributed by atoms with E-state index in [1.54, 1.807) is 0 Å². The number of amides is 1. The van der Waals surface area contributed by atoms with E-state index in [4.69, 9.17) is 28.1 Å². The first-order valence-electron chi connectivity index (χ1n) is 12.0. The minimum absolute atomic E-state index is 0.0221. The number of aromatic nitrogens is 4. The smallest absolute Gasteiger partial charge is 0.223 e. The maximum absolute atomic E-state index is 13.2. The Morgan fingerprint density at radius 1 is 1.17 bits per heavy atom. The lowest BCUT2D eigenvalue weighted by Crippen LogP contribution is -2.35. The number of H-pyrrole nitrogens is 2. The van der Waals surface area contributed by atoms with Gasteiger partial charge >= 0.3 is 0 Å². The van der Waals surface area contributed by atoms with E-state index in [2.05, 4.69) is 20.5 Å². The fourth-order valence-electron chi connectivity index (χ4n) is 4.32. The van der Waals surface area contributed by atoms with E-state index in [0.29, 0.717) is 35.5 Å². The molecule has 0 fully saturated rings. The lowest BCUT2D eigenvalue weighted by molar-refractivity contribution is -0.126. The topological polar surface area (TPSA) is 138 Å². The van der Waals surface area contributed by atoms with E-state index in [0.717, 1.165) is 47.7 Å². The molecule has 35 heavy (non-hydrogen) atoms. The molecular weight excluding hydrogens is 462 g/mol. The van der Waals surface area contributed by atoms with E-state index < -0.39 is 0 Å². The molecule has 8 nitrogen and oxygen atoms in total. The number of carbonyl (C=O) groups is 1. The molecule has 2 aromatic carbocycles. The maximum atomic E-state index is 13.2. The zero-order valence-electron chi connectivity index (χ0n) is 19.9. The van der Waals surface area contributed by atoms with Crippen molar-refractivity contribution in [3.8, 4) is 11.3 Å². The van der Waals surface area contributed by atoms with Gasteiger partial charge in [-0.1, -0.05) is 61.3 Å². The van der Waals surface area contributed by atoms with Gasteiger partial charge in [-0.25, -0.2) is 4.98 Å². The molecule has 2 heterocycles. The van der Waals surface area contributed by atoms with Gasteiger partial charge in [-0.2, -0.15) is 5.10 Å². The number of nitrogens with two attached hydrogens (primary N) is 2. The van der Waals surface area contributed by atoms with Crippen LogP contribution in [-0.2, 0) is 11.2 Å². The van der Waals surface area contributed by atoms with Gasteiger partial charge < -0.3 is 21.8 Å². The zero-order chi connectivity index (χ0) is 24.8. The average molecular weight is 494 g/mol. The van der Waals surface area contributed by atoms with Crippen LogP contribution in [0.1, 0.15) is 50.0 Å². The molecular formula is C26H32ClN7O. The summed E-state index contributed by atoms with van der Waals surface area (Å²) >= 11 is 6.60. The van der Waals surface area contributed by atoms with Gasteiger partial charge in [-0.15, -0.1) is 0 Å². The van der Waals surface area contributed by atoms with Crippen LogP contribution in [0.15, 0.2) is 48.5 Å². The Labute approximate surface area is 209 Å². The van der Waals surface area contributed by atoms with E-state index in [-0.39, 0.29) is 17.9 Å². The van der Waals surface area contributed by atoms with Crippen LogP contribution in [0.2, 0.25) is 5.15 Å². The molecule has 0 aliphatic heterocycles. The van der Waals surface area contributed by atoms with Crippen molar-refractivity contribution >= 4 is 34.2 Å². The lowest BCUT2D eigenvalue weighted by atomic mass is 9.97. The van der Waals surface area contributed by atoms with E-state index in [1.807, 2.05) is 55.5 Å². The number of anilines is 1. The number of carbonyl (C=O) groups excluding carboxylic acids is 1. The number of hydrogen-bond acceptors (Lipinski definition) is 5. The third-order valence-electron chi connectivity index (χ3n) is 6.34. The molecule has 0 aliphatic carbocycles. The molecule has 184 valence electrons. The highest BCUT2D eigenvalue weighted by Gasteiger charge is 2.25. The quantitative estimate of drug-likeness (QED) is 0.192. The standard InChI is InChI=1S/C26H32ClN7O/c1-2-17(10-6-7-13-28)26(35)30-21(14-16-8-4-3-5-9-16)25-31-22(23(27)32-25)18-11-12-19-20(15-18)33-34-24(19)29/h3-5,8-9,11-12,15,17,21H,2,6-7,10,13-14,28H2,1H3,(H,30,35)(H,31,32)(H3,29,33,34). The van der Waals surface area contributed by atoms with Gasteiger partial charge in [0.1, 0.15) is 16.7 Å². The molecule has 7 N–H and O–H groups in total. The third kappa shape index (κ3) is 5.83. The van der Waals surface area contributed by atoms with E-state index >= 15 is 0 Å². The highest BCUT2D eigenvalue weighted by Crippen LogP contribution is 2.31. The molecule has 2 aromatic heterocycles. The first kappa shape index (κ1) is 24.8. The second-order valence-electron chi connectivity index (χ2n) is 8.79. The van der Waals surface area contributed by atoms with Gasteiger partial charge in [0.25, 0.3) is 0 Å². The fourth-order valence-corrected chi connectivity index (χ4v) is 4.57. The van der Waals surface area contributed by atoms with Crippen molar-refractivity contribution in [2.45, 2.75) is 45.1 Å². The number of aromatic amines is 2. The molecule has 2 atom stereocenters. The van der Waals surface area contributed by atoms with Gasteiger partial charge in [0.05, 0.1) is 11.6 Å². The molecule has 0 bridgehead atoms. The Kier molecular flexibility index (Phi) is 8.05. The summed E-state index contributed by atoms with van der Waals surface area (Å²) < 4.78 is 0. The maximum Gasteiger partial charge on any atom is 0.223 e. The van der Waals surface area contributed by atoms with E-state index in [1.165, 1.54) is 0 Å². The molecule has 2 unspecified atom stereocenters. The second-order valence-corrected chi connectivity index (χ2v) is 9.17. The molecule has 9 heteroatoms. The number of nitrogens with zero attached hydrogens (tertiary/aromatic N) is 2. The number of unbranched alkanes of at least 4 members (excludes halogenated alkanes) is 1. The number of fused-ring (bicyclic) bond motifs is 1. The van der Waals surface area contributed by atoms with Crippen molar-refractivity contribution in [1.82, 2.24) is 25.5 Å². The molecule has 0 saturated heterocycles. The number of nitrogens with one attached hydrogen (secondary N) is 3. The fraction of sp³-hybridized carbons (Fsp3) is 0.346. The van der Waals surface area contributed by atoms with E-state index in [9.17, 15) is 4.79 Å². The highest BCUT2D eigenvalue weighted by atomic mass is 35.5. The average Bonchev–Trinajstić information content (AvgIpc) is 3.44. The van der Waals surface area contributed by atoms with Gasteiger partial charge in [-0.3, -0.25) is 9.89 Å². The summed E-state index contributed by atoms with van der Waals surface area (Å²) in [7, 11) is 0. The van der Waals surface area contributed by atoms with Crippen molar-refractivity contribution in [3.63, 3.8) is 0 Å². The van der Waals surface area contributed by atoms with Crippen LogP contribution in [0.25, 0.3) is 22.2 Å². The summed E-state index contributed by atoms with van der Waals surface area (Å²) in [6.45, 7) is 2.68. The second kappa shape index (κ2) is 11.4. The van der Waals surface area contributed by atoms with Gasteiger partial charge in [0.15, 0.2) is 5.82 Å². The highest BCUT2D eigenvalue weighted by molar-refractivity contribution is 6.32. The number of benzene rings is 2. The Morgan fingerprint density at radius 3 is 2.71 bits per heavy atom. The number of nitrogen functional groups attached to an aromatic ring is 1. The summed E-state index contributed by atoms with van der Waals surface area (Å²) in [5.41, 5.74) is 14.9. The Balaban J connectivity index is 1.62.